The number of carbonyl (C=O) groups is 3. The Hall–Kier alpha value is -4.20. The number of cyclic esters (lactones) is 1. The summed E-state index contributed by atoms with van der Waals surface area (Å²) in [5, 5.41) is 5.44. The minimum absolute atomic E-state index is 0.0654. The van der Waals surface area contributed by atoms with Gasteiger partial charge >= 0.3 is 6.09 Å². The lowest BCUT2D eigenvalue weighted by Gasteiger charge is -2.24. The van der Waals surface area contributed by atoms with E-state index in [2.05, 4.69) is 10.6 Å². The largest absolute Gasteiger partial charge is 0.438 e. The fourth-order valence-electron chi connectivity index (χ4n) is 3.98. The predicted molar refractivity (Wildman–Crippen MR) is 129 cm³/mol. The first kappa shape index (κ1) is 23.9. The molecule has 180 valence electrons. The second-order valence-corrected chi connectivity index (χ2v) is 8.31. The first-order chi connectivity index (χ1) is 16.9. The van der Waals surface area contributed by atoms with E-state index in [1.54, 1.807) is 30.3 Å². The van der Waals surface area contributed by atoms with E-state index in [1.165, 1.54) is 23.1 Å². The van der Waals surface area contributed by atoms with Gasteiger partial charge in [-0.3, -0.25) is 14.5 Å². The molecule has 1 aliphatic rings. The summed E-state index contributed by atoms with van der Waals surface area (Å²) in [6, 6.07) is 19.2. The highest BCUT2D eigenvalue weighted by molar-refractivity contribution is 6.04. The number of benzene rings is 3. The Kier molecular flexibility index (Phi) is 7.10. The van der Waals surface area contributed by atoms with E-state index in [9.17, 15) is 18.8 Å². The molecule has 0 radical (unpaired) electrons. The van der Waals surface area contributed by atoms with Gasteiger partial charge in [0.2, 0.25) is 5.91 Å². The fourth-order valence-corrected chi connectivity index (χ4v) is 3.98. The topological polar surface area (TPSA) is 87.7 Å². The van der Waals surface area contributed by atoms with Crippen molar-refractivity contribution in [3.8, 4) is 0 Å². The van der Waals surface area contributed by atoms with Gasteiger partial charge in [0, 0.05) is 12.2 Å². The lowest BCUT2D eigenvalue weighted by molar-refractivity contribution is -0.126. The average molecular weight is 476 g/mol. The number of ether oxygens (including phenoxy) is 1. The monoisotopic (exact) mass is 475 g/mol. The Labute approximate surface area is 202 Å². The molecule has 0 saturated carbocycles. The molecule has 4 rings (SSSR count). The molecule has 1 aliphatic heterocycles. The zero-order chi connectivity index (χ0) is 24.9. The summed E-state index contributed by atoms with van der Waals surface area (Å²) >= 11 is 0. The maximum atomic E-state index is 13.9. The van der Waals surface area contributed by atoms with Crippen LogP contribution in [0.2, 0.25) is 0 Å². The summed E-state index contributed by atoms with van der Waals surface area (Å²) in [6.45, 7) is 4.43. The summed E-state index contributed by atoms with van der Waals surface area (Å²) in [6.07, 6.45) is -1.40. The molecule has 0 unspecified atom stereocenters. The van der Waals surface area contributed by atoms with Gasteiger partial charge in [0.1, 0.15) is 5.82 Å². The number of nitrogens with zero attached hydrogens (tertiary/aromatic N) is 1. The van der Waals surface area contributed by atoms with Crippen LogP contribution in [0.1, 0.15) is 40.1 Å². The van der Waals surface area contributed by atoms with E-state index < -0.39 is 30.0 Å². The number of aryl methyl sites for hydroxylation is 1. The number of halogens is 1. The summed E-state index contributed by atoms with van der Waals surface area (Å²) in [4.78, 5) is 39.5. The van der Waals surface area contributed by atoms with Crippen LogP contribution in [0, 0.1) is 12.7 Å². The predicted octanol–water partition coefficient (Wildman–Crippen LogP) is 4.58. The van der Waals surface area contributed by atoms with Crippen molar-refractivity contribution < 1.29 is 23.5 Å². The number of rotatable bonds is 7. The molecular formula is C27H26FN3O4. The third-order valence-corrected chi connectivity index (χ3v) is 5.79. The Morgan fingerprint density at radius 3 is 2.34 bits per heavy atom. The van der Waals surface area contributed by atoms with Gasteiger partial charge in [-0.15, -0.1) is 0 Å². The third-order valence-electron chi connectivity index (χ3n) is 5.79. The summed E-state index contributed by atoms with van der Waals surface area (Å²) < 4.78 is 19.5. The SMILES string of the molecule is CCNC(=O)[C@H]1[C@H](c2ccc(NC(=O)c3ccccc3F)cc2)OC(=O)N1Cc1ccc(C)cc1. The number of carbonyl (C=O) groups excluding carboxylic acids is 3. The van der Waals surface area contributed by atoms with Crippen LogP contribution >= 0.6 is 0 Å². The second kappa shape index (κ2) is 10.4. The van der Waals surface area contributed by atoms with E-state index in [-0.39, 0.29) is 18.0 Å². The fraction of sp³-hybridized carbons (Fsp3) is 0.222. The Balaban J connectivity index is 1.54. The van der Waals surface area contributed by atoms with Gasteiger partial charge in [-0.1, -0.05) is 54.1 Å². The highest BCUT2D eigenvalue weighted by Gasteiger charge is 2.46. The van der Waals surface area contributed by atoms with Crippen molar-refractivity contribution in [2.75, 3.05) is 11.9 Å². The van der Waals surface area contributed by atoms with Crippen LogP contribution in [0.25, 0.3) is 0 Å². The maximum absolute atomic E-state index is 13.9. The second-order valence-electron chi connectivity index (χ2n) is 8.31. The molecule has 8 heteroatoms. The minimum atomic E-state index is -0.859. The van der Waals surface area contributed by atoms with Crippen LogP contribution < -0.4 is 10.6 Å². The van der Waals surface area contributed by atoms with Crippen molar-refractivity contribution >= 4 is 23.6 Å². The first-order valence-corrected chi connectivity index (χ1v) is 11.3. The van der Waals surface area contributed by atoms with Crippen molar-refractivity contribution in [2.45, 2.75) is 32.5 Å². The van der Waals surface area contributed by atoms with Crippen molar-refractivity contribution in [3.63, 3.8) is 0 Å². The van der Waals surface area contributed by atoms with Gasteiger partial charge in [-0.05, 0) is 49.2 Å². The molecule has 1 fully saturated rings. The molecule has 0 aliphatic carbocycles. The number of hydrogen-bond donors (Lipinski definition) is 2. The summed E-state index contributed by atoms with van der Waals surface area (Å²) in [7, 11) is 0. The number of nitrogens with one attached hydrogen (secondary N) is 2. The van der Waals surface area contributed by atoms with Crippen LogP contribution in [0.4, 0.5) is 14.9 Å². The smallest absolute Gasteiger partial charge is 0.411 e. The standard InChI is InChI=1S/C27H26FN3O4/c1-3-29-26(33)23-24(35-27(34)31(23)16-18-10-8-17(2)9-11-18)19-12-14-20(15-13-19)30-25(32)21-6-4-5-7-22(21)28/h4-15,23-24H,3,16H2,1-2H3,(H,29,33)(H,30,32)/t23-,24+/m1/s1. The quantitative estimate of drug-likeness (QED) is 0.524. The molecule has 1 heterocycles. The van der Waals surface area contributed by atoms with Gasteiger partial charge in [0.25, 0.3) is 5.91 Å². The summed E-state index contributed by atoms with van der Waals surface area (Å²) in [5.74, 6) is -1.50. The Morgan fingerprint density at radius 2 is 1.69 bits per heavy atom. The van der Waals surface area contributed by atoms with Crippen LogP contribution in [-0.2, 0) is 16.1 Å². The zero-order valence-corrected chi connectivity index (χ0v) is 19.5. The third kappa shape index (κ3) is 5.32. The average Bonchev–Trinajstić information content (AvgIpc) is 3.17. The van der Waals surface area contributed by atoms with E-state index in [0.717, 1.165) is 11.1 Å². The normalized spacial score (nSPS) is 17.1. The van der Waals surface area contributed by atoms with E-state index in [4.69, 9.17) is 4.74 Å². The van der Waals surface area contributed by atoms with Crippen LogP contribution in [0.15, 0.2) is 72.8 Å². The van der Waals surface area contributed by atoms with Crippen LogP contribution in [0.5, 0.6) is 0 Å². The Bertz CT molecular complexity index is 1230. The molecule has 3 amide bonds. The first-order valence-electron chi connectivity index (χ1n) is 11.3. The van der Waals surface area contributed by atoms with E-state index in [1.807, 2.05) is 38.1 Å². The molecule has 35 heavy (non-hydrogen) atoms. The minimum Gasteiger partial charge on any atom is -0.438 e. The van der Waals surface area contributed by atoms with Gasteiger partial charge in [-0.25, -0.2) is 9.18 Å². The Morgan fingerprint density at radius 1 is 1.00 bits per heavy atom. The van der Waals surface area contributed by atoms with Crippen LogP contribution in [-0.4, -0.2) is 35.4 Å². The molecule has 3 aromatic rings. The molecule has 3 aromatic carbocycles. The van der Waals surface area contributed by atoms with Crippen molar-refractivity contribution in [1.82, 2.24) is 10.2 Å². The lowest BCUT2D eigenvalue weighted by atomic mass is 10.00. The van der Waals surface area contributed by atoms with Crippen molar-refractivity contribution in [3.05, 3.63) is 101 Å². The van der Waals surface area contributed by atoms with Gasteiger partial charge < -0.3 is 15.4 Å². The van der Waals surface area contributed by atoms with E-state index >= 15 is 0 Å². The molecule has 1 saturated heterocycles. The maximum Gasteiger partial charge on any atom is 0.411 e. The number of amides is 3. The zero-order valence-electron chi connectivity index (χ0n) is 19.5. The summed E-state index contributed by atoms with van der Waals surface area (Å²) in [5.41, 5.74) is 2.96. The van der Waals surface area contributed by atoms with Crippen molar-refractivity contribution in [2.24, 2.45) is 0 Å². The lowest BCUT2D eigenvalue weighted by Crippen LogP contribution is -2.46. The van der Waals surface area contributed by atoms with Gasteiger partial charge in [0.15, 0.2) is 12.1 Å². The van der Waals surface area contributed by atoms with E-state index in [0.29, 0.717) is 17.8 Å². The number of hydrogen-bond acceptors (Lipinski definition) is 4. The molecule has 2 N–H and O–H groups in total. The highest BCUT2D eigenvalue weighted by atomic mass is 19.1. The highest BCUT2D eigenvalue weighted by Crippen LogP contribution is 2.34. The number of anilines is 1. The van der Waals surface area contributed by atoms with Crippen molar-refractivity contribution in [1.29, 1.82) is 0 Å². The van der Waals surface area contributed by atoms with Crippen LogP contribution in [0.3, 0.4) is 0 Å². The van der Waals surface area contributed by atoms with Gasteiger partial charge in [-0.2, -0.15) is 0 Å². The molecule has 7 nitrogen and oxygen atoms in total. The molecule has 0 bridgehead atoms. The van der Waals surface area contributed by atoms with Gasteiger partial charge in [0.05, 0.1) is 12.1 Å². The molecular weight excluding hydrogens is 449 g/mol. The molecule has 0 aromatic heterocycles. The molecule has 0 spiro atoms. The number of likely N-dealkylation sites (N-methyl/N-ethyl adjacent to an activating group) is 1. The molecule has 2 atom stereocenters.